The third-order valence-electron chi connectivity index (χ3n) is 2.09. The number of anilines is 2. The number of carbonyl (C=O) groups excluding carboxylic acids is 1. The highest BCUT2D eigenvalue weighted by Crippen LogP contribution is 2.24. The van der Waals surface area contributed by atoms with E-state index in [9.17, 15) is 13.6 Å². The Balaban J connectivity index is 2.21. The number of nitrogens with one attached hydrogen (secondary N) is 1. The molecule has 94 valence electrons. The number of methoxy groups -OCH3 is 1. The normalized spacial score (nSPS) is 10.2. The van der Waals surface area contributed by atoms with Crippen molar-refractivity contribution in [2.45, 2.75) is 0 Å². The topological polar surface area (TPSA) is 51.2 Å². The van der Waals surface area contributed by atoms with Crippen LogP contribution in [-0.4, -0.2) is 18.1 Å². The fourth-order valence-corrected chi connectivity index (χ4v) is 1.94. The average molecular weight is 270 g/mol. The van der Waals surface area contributed by atoms with E-state index in [0.29, 0.717) is 0 Å². The van der Waals surface area contributed by atoms with E-state index in [1.54, 1.807) is 0 Å². The molecule has 0 unspecified atom stereocenters. The first-order valence-corrected chi connectivity index (χ1v) is 5.74. The van der Waals surface area contributed by atoms with Crippen LogP contribution in [0.25, 0.3) is 0 Å². The number of esters is 1. The van der Waals surface area contributed by atoms with Gasteiger partial charge in [-0.15, -0.1) is 11.3 Å². The predicted molar refractivity (Wildman–Crippen MR) is 63.1 cm³/mol. The number of benzene rings is 1. The van der Waals surface area contributed by atoms with Crippen LogP contribution in [0, 0.1) is 11.6 Å². The van der Waals surface area contributed by atoms with E-state index in [0.717, 1.165) is 17.4 Å². The molecule has 4 nitrogen and oxygen atoms in total. The fourth-order valence-electron chi connectivity index (χ4n) is 1.25. The van der Waals surface area contributed by atoms with Crippen LogP contribution >= 0.6 is 11.3 Å². The molecule has 1 heterocycles. The van der Waals surface area contributed by atoms with Crippen molar-refractivity contribution in [3.05, 3.63) is 40.9 Å². The maximum absolute atomic E-state index is 13.4. The highest BCUT2D eigenvalue weighted by atomic mass is 32.1. The second-order valence-electron chi connectivity index (χ2n) is 3.26. The summed E-state index contributed by atoms with van der Waals surface area (Å²) in [6.07, 6.45) is 0. The van der Waals surface area contributed by atoms with Crippen LogP contribution in [0.15, 0.2) is 23.6 Å². The van der Waals surface area contributed by atoms with E-state index in [4.69, 9.17) is 0 Å². The monoisotopic (exact) mass is 270 g/mol. The van der Waals surface area contributed by atoms with Crippen molar-refractivity contribution in [2.75, 3.05) is 12.4 Å². The number of thiazole rings is 1. The summed E-state index contributed by atoms with van der Waals surface area (Å²) in [6, 6.07) is 3.76. The van der Waals surface area contributed by atoms with Crippen LogP contribution in [-0.2, 0) is 4.74 Å². The first kappa shape index (κ1) is 12.4. The zero-order valence-corrected chi connectivity index (χ0v) is 10.1. The Labute approximate surface area is 105 Å². The summed E-state index contributed by atoms with van der Waals surface area (Å²) >= 11 is 1.09. The number of rotatable bonds is 3. The Hall–Kier alpha value is -2.02. The van der Waals surface area contributed by atoms with Crippen molar-refractivity contribution < 1.29 is 18.3 Å². The van der Waals surface area contributed by atoms with Gasteiger partial charge in [0.25, 0.3) is 0 Å². The Bertz CT molecular complexity index is 586. The largest absolute Gasteiger partial charge is 0.464 e. The summed E-state index contributed by atoms with van der Waals surface area (Å²) in [4.78, 5) is 15.1. The molecule has 2 rings (SSSR count). The SMILES string of the molecule is COC(=O)c1csc(Nc2cccc(F)c2F)n1. The minimum Gasteiger partial charge on any atom is -0.464 e. The molecular formula is C11H8F2N2O2S. The lowest BCUT2D eigenvalue weighted by atomic mass is 10.3. The lowest BCUT2D eigenvalue weighted by molar-refractivity contribution is 0.0595. The van der Waals surface area contributed by atoms with Gasteiger partial charge in [-0.05, 0) is 12.1 Å². The van der Waals surface area contributed by atoms with E-state index in [1.165, 1.54) is 24.6 Å². The van der Waals surface area contributed by atoms with E-state index in [2.05, 4.69) is 15.0 Å². The fraction of sp³-hybridized carbons (Fsp3) is 0.0909. The van der Waals surface area contributed by atoms with Gasteiger partial charge < -0.3 is 10.1 Å². The summed E-state index contributed by atoms with van der Waals surface area (Å²) in [6.45, 7) is 0. The minimum atomic E-state index is -0.993. The second-order valence-corrected chi connectivity index (χ2v) is 4.11. The van der Waals surface area contributed by atoms with Crippen LogP contribution in [0.5, 0.6) is 0 Å². The maximum atomic E-state index is 13.4. The molecule has 0 aliphatic heterocycles. The summed E-state index contributed by atoms with van der Waals surface area (Å²) in [7, 11) is 1.24. The molecule has 0 atom stereocenters. The van der Waals surface area contributed by atoms with Crippen LogP contribution in [0.2, 0.25) is 0 Å². The molecule has 1 N–H and O–H groups in total. The molecule has 1 aromatic carbocycles. The standard InChI is InChI=1S/C11H8F2N2O2S/c1-17-10(16)8-5-18-11(15-8)14-7-4-2-3-6(12)9(7)13/h2-5H,1H3,(H,14,15). The third kappa shape index (κ3) is 2.45. The summed E-state index contributed by atoms with van der Waals surface area (Å²) < 4.78 is 30.8. The van der Waals surface area contributed by atoms with Crippen LogP contribution in [0.1, 0.15) is 10.5 Å². The van der Waals surface area contributed by atoms with Gasteiger partial charge in [-0.1, -0.05) is 6.07 Å². The summed E-state index contributed by atoms with van der Waals surface area (Å²) in [5.41, 5.74) is 0.0718. The van der Waals surface area contributed by atoms with Crippen molar-refractivity contribution in [3.8, 4) is 0 Å². The molecule has 0 saturated heterocycles. The smallest absolute Gasteiger partial charge is 0.357 e. The van der Waals surface area contributed by atoms with Gasteiger partial charge in [0.15, 0.2) is 22.5 Å². The molecule has 0 aliphatic carbocycles. The van der Waals surface area contributed by atoms with Crippen molar-refractivity contribution in [1.82, 2.24) is 4.98 Å². The zero-order valence-electron chi connectivity index (χ0n) is 9.24. The van der Waals surface area contributed by atoms with Crippen LogP contribution in [0.3, 0.4) is 0 Å². The molecule has 1 aromatic heterocycles. The van der Waals surface area contributed by atoms with E-state index in [-0.39, 0.29) is 16.5 Å². The highest BCUT2D eigenvalue weighted by molar-refractivity contribution is 7.14. The van der Waals surface area contributed by atoms with Gasteiger partial charge in [-0.3, -0.25) is 0 Å². The third-order valence-corrected chi connectivity index (χ3v) is 2.85. The minimum absolute atomic E-state index is 0.0410. The van der Waals surface area contributed by atoms with Gasteiger partial charge in [0, 0.05) is 5.38 Å². The Morgan fingerprint density at radius 1 is 1.44 bits per heavy atom. The number of carbonyl (C=O) groups is 1. The maximum Gasteiger partial charge on any atom is 0.357 e. The van der Waals surface area contributed by atoms with Crippen molar-refractivity contribution >= 4 is 28.1 Å². The predicted octanol–water partition coefficient (Wildman–Crippen LogP) is 2.95. The van der Waals surface area contributed by atoms with Gasteiger partial charge in [0.2, 0.25) is 0 Å². The highest BCUT2D eigenvalue weighted by Gasteiger charge is 2.13. The second kappa shape index (κ2) is 5.09. The van der Waals surface area contributed by atoms with Gasteiger partial charge >= 0.3 is 5.97 Å². The lowest BCUT2D eigenvalue weighted by Crippen LogP contribution is -2.02. The molecule has 7 heteroatoms. The quantitative estimate of drug-likeness (QED) is 0.871. The molecule has 0 fully saturated rings. The van der Waals surface area contributed by atoms with Gasteiger partial charge in [0.05, 0.1) is 12.8 Å². The summed E-state index contributed by atoms with van der Waals surface area (Å²) in [5.74, 6) is -2.53. The molecule has 0 radical (unpaired) electrons. The molecule has 0 amide bonds. The molecule has 0 aliphatic rings. The number of halogens is 2. The number of hydrogen-bond donors (Lipinski definition) is 1. The molecule has 0 saturated carbocycles. The van der Waals surface area contributed by atoms with Gasteiger partial charge in [0.1, 0.15) is 0 Å². The van der Waals surface area contributed by atoms with E-state index in [1.807, 2.05) is 0 Å². The molecular weight excluding hydrogens is 262 g/mol. The molecule has 2 aromatic rings. The summed E-state index contributed by atoms with van der Waals surface area (Å²) in [5, 5.41) is 4.34. The Kier molecular flexibility index (Phi) is 3.52. The Morgan fingerprint density at radius 3 is 2.94 bits per heavy atom. The Morgan fingerprint density at radius 2 is 2.22 bits per heavy atom. The number of nitrogens with zero attached hydrogens (tertiary/aromatic N) is 1. The molecule has 0 bridgehead atoms. The molecule has 18 heavy (non-hydrogen) atoms. The van der Waals surface area contributed by atoms with Crippen LogP contribution < -0.4 is 5.32 Å². The van der Waals surface area contributed by atoms with E-state index < -0.39 is 17.6 Å². The van der Waals surface area contributed by atoms with Gasteiger partial charge in [-0.2, -0.15) is 0 Å². The first-order valence-electron chi connectivity index (χ1n) is 4.86. The first-order chi connectivity index (χ1) is 8.61. The van der Waals surface area contributed by atoms with Crippen molar-refractivity contribution in [1.29, 1.82) is 0 Å². The van der Waals surface area contributed by atoms with Crippen LogP contribution in [0.4, 0.5) is 19.6 Å². The number of ether oxygens (including phenoxy) is 1. The number of aromatic nitrogens is 1. The van der Waals surface area contributed by atoms with Gasteiger partial charge in [-0.25, -0.2) is 18.6 Å². The van der Waals surface area contributed by atoms with E-state index >= 15 is 0 Å². The lowest BCUT2D eigenvalue weighted by Gasteiger charge is -2.03. The van der Waals surface area contributed by atoms with Crippen molar-refractivity contribution in [3.63, 3.8) is 0 Å². The zero-order chi connectivity index (χ0) is 13.1. The number of hydrogen-bond acceptors (Lipinski definition) is 5. The molecule has 0 spiro atoms. The van der Waals surface area contributed by atoms with Crippen molar-refractivity contribution in [2.24, 2.45) is 0 Å². The average Bonchev–Trinajstić information content (AvgIpc) is 2.82.